The number of piperidine rings is 1. The molecular weight excluding hydrogens is 380 g/mol. The zero-order valence-corrected chi connectivity index (χ0v) is 18.1. The van der Waals surface area contributed by atoms with Crippen LogP contribution in [0, 0.1) is 0 Å². The Morgan fingerprint density at radius 3 is 2.73 bits per heavy atom. The number of benzene rings is 1. The third kappa shape index (κ3) is 6.78. The summed E-state index contributed by atoms with van der Waals surface area (Å²) in [6.07, 6.45) is 5.55. The van der Waals surface area contributed by atoms with Crippen molar-refractivity contribution in [1.82, 2.24) is 15.5 Å². The highest BCUT2D eigenvalue weighted by molar-refractivity contribution is 5.79. The second-order valence-corrected chi connectivity index (χ2v) is 7.42. The average Bonchev–Trinajstić information content (AvgIpc) is 3.32. The highest BCUT2D eigenvalue weighted by Gasteiger charge is 2.24. The standard InChI is InChI=1S/C23H34N4O3/c1-24-23(25-17-19-8-6-9-20(16-19)29-15-14-28-2)26-18-21(22-10-7-13-30-22)27-11-4-3-5-12-27/h6-10,13,16,21H,3-5,11-12,14-15,17-18H2,1-2H3,(H2,24,25,26). The number of rotatable bonds is 10. The van der Waals surface area contributed by atoms with Crippen LogP contribution in [-0.4, -0.2) is 57.9 Å². The number of nitrogens with one attached hydrogen (secondary N) is 2. The second kappa shape index (κ2) is 12.2. The lowest BCUT2D eigenvalue weighted by Gasteiger charge is -2.33. The molecule has 1 aliphatic rings. The minimum Gasteiger partial charge on any atom is -0.491 e. The molecule has 0 amide bonds. The smallest absolute Gasteiger partial charge is 0.191 e. The average molecular weight is 415 g/mol. The molecule has 1 aromatic carbocycles. The molecule has 0 aliphatic carbocycles. The molecule has 1 saturated heterocycles. The number of methoxy groups -OCH3 is 1. The fraction of sp³-hybridized carbons (Fsp3) is 0.522. The van der Waals surface area contributed by atoms with Gasteiger partial charge in [0.1, 0.15) is 18.1 Å². The van der Waals surface area contributed by atoms with Crippen molar-refractivity contribution < 1.29 is 13.9 Å². The van der Waals surface area contributed by atoms with Crippen molar-refractivity contribution in [1.29, 1.82) is 0 Å². The van der Waals surface area contributed by atoms with Gasteiger partial charge in [0.25, 0.3) is 0 Å². The zero-order chi connectivity index (χ0) is 21.0. The topological polar surface area (TPSA) is 71.3 Å². The summed E-state index contributed by atoms with van der Waals surface area (Å²) < 4.78 is 16.5. The third-order valence-corrected chi connectivity index (χ3v) is 5.30. The monoisotopic (exact) mass is 414 g/mol. The Bertz CT molecular complexity index is 758. The first-order valence-electron chi connectivity index (χ1n) is 10.7. The van der Waals surface area contributed by atoms with Crippen LogP contribution in [0.25, 0.3) is 0 Å². The summed E-state index contributed by atoms with van der Waals surface area (Å²) in [5.41, 5.74) is 1.13. The Labute approximate surface area is 179 Å². The van der Waals surface area contributed by atoms with Crippen molar-refractivity contribution in [3.05, 3.63) is 54.0 Å². The second-order valence-electron chi connectivity index (χ2n) is 7.42. The number of ether oxygens (including phenoxy) is 2. The first kappa shape index (κ1) is 22.2. The fourth-order valence-corrected chi connectivity index (χ4v) is 3.71. The van der Waals surface area contributed by atoms with Crippen LogP contribution in [-0.2, 0) is 11.3 Å². The Hall–Kier alpha value is -2.51. The number of guanidine groups is 1. The Morgan fingerprint density at radius 2 is 2.00 bits per heavy atom. The minimum atomic E-state index is 0.205. The summed E-state index contributed by atoms with van der Waals surface area (Å²) in [5.74, 6) is 2.62. The van der Waals surface area contributed by atoms with Gasteiger partial charge in [-0.05, 0) is 55.8 Å². The van der Waals surface area contributed by atoms with Gasteiger partial charge in [-0.3, -0.25) is 9.89 Å². The largest absolute Gasteiger partial charge is 0.491 e. The molecule has 2 N–H and O–H groups in total. The maximum atomic E-state index is 5.73. The quantitative estimate of drug-likeness (QED) is 0.353. The normalized spacial score (nSPS) is 16.3. The molecule has 7 nitrogen and oxygen atoms in total. The molecule has 0 saturated carbocycles. The maximum Gasteiger partial charge on any atom is 0.191 e. The first-order valence-corrected chi connectivity index (χ1v) is 10.7. The van der Waals surface area contributed by atoms with Gasteiger partial charge in [0, 0.05) is 27.2 Å². The van der Waals surface area contributed by atoms with E-state index in [1.807, 2.05) is 24.3 Å². The minimum absolute atomic E-state index is 0.205. The van der Waals surface area contributed by atoms with Gasteiger partial charge >= 0.3 is 0 Å². The summed E-state index contributed by atoms with van der Waals surface area (Å²) in [6, 6.07) is 12.3. The van der Waals surface area contributed by atoms with Crippen LogP contribution in [0.4, 0.5) is 0 Å². The molecular formula is C23H34N4O3. The van der Waals surface area contributed by atoms with Crippen molar-refractivity contribution in [2.24, 2.45) is 4.99 Å². The van der Waals surface area contributed by atoms with E-state index in [0.717, 1.165) is 42.7 Å². The van der Waals surface area contributed by atoms with E-state index in [1.54, 1.807) is 20.4 Å². The van der Waals surface area contributed by atoms with Gasteiger partial charge in [-0.25, -0.2) is 0 Å². The third-order valence-electron chi connectivity index (χ3n) is 5.30. The van der Waals surface area contributed by atoms with E-state index in [-0.39, 0.29) is 6.04 Å². The number of nitrogens with zero attached hydrogens (tertiary/aromatic N) is 2. The molecule has 164 valence electrons. The van der Waals surface area contributed by atoms with Crippen molar-refractivity contribution >= 4 is 5.96 Å². The molecule has 1 fully saturated rings. The summed E-state index contributed by atoms with van der Waals surface area (Å²) in [4.78, 5) is 6.89. The molecule has 1 unspecified atom stereocenters. The predicted octanol–water partition coefficient (Wildman–Crippen LogP) is 3.20. The lowest BCUT2D eigenvalue weighted by Crippen LogP contribution is -2.44. The van der Waals surface area contributed by atoms with E-state index in [9.17, 15) is 0 Å². The summed E-state index contributed by atoms with van der Waals surface area (Å²) in [5, 5.41) is 6.86. The van der Waals surface area contributed by atoms with Crippen molar-refractivity contribution in [3.63, 3.8) is 0 Å². The van der Waals surface area contributed by atoms with Crippen LogP contribution in [0.5, 0.6) is 5.75 Å². The van der Waals surface area contributed by atoms with Crippen molar-refractivity contribution in [2.75, 3.05) is 47.0 Å². The van der Waals surface area contributed by atoms with Crippen molar-refractivity contribution in [3.8, 4) is 5.75 Å². The Morgan fingerprint density at radius 1 is 1.13 bits per heavy atom. The van der Waals surface area contributed by atoms with Crippen molar-refractivity contribution in [2.45, 2.75) is 31.8 Å². The summed E-state index contributed by atoms with van der Waals surface area (Å²) >= 11 is 0. The van der Waals surface area contributed by atoms with Crippen LogP contribution in [0.1, 0.15) is 36.6 Å². The zero-order valence-electron chi connectivity index (χ0n) is 18.1. The Balaban J connectivity index is 1.53. The van der Waals surface area contributed by atoms with Gasteiger partial charge in [0.15, 0.2) is 5.96 Å². The molecule has 0 radical (unpaired) electrons. The molecule has 0 bridgehead atoms. The van der Waals surface area contributed by atoms with E-state index in [0.29, 0.717) is 19.8 Å². The van der Waals surface area contributed by atoms with E-state index in [1.165, 1.54) is 19.3 Å². The molecule has 3 rings (SSSR count). The van der Waals surface area contributed by atoms with E-state index >= 15 is 0 Å². The lowest BCUT2D eigenvalue weighted by molar-refractivity contribution is 0.146. The Kier molecular flexibility index (Phi) is 9.05. The van der Waals surface area contributed by atoms with Gasteiger partial charge in [0.05, 0.1) is 18.9 Å². The van der Waals surface area contributed by atoms with E-state index < -0.39 is 0 Å². The van der Waals surface area contributed by atoms with Crippen LogP contribution < -0.4 is 15.4 Å². The van der Waals surface area contributed by atoms with Crippen LogP contribution in [0.2, 0.25) is 0 Å². The number of furan rings is 1. The molecule has 2 aromatic rings. The van der Waals surface area contributed by atoms with E-state index in [2.05, 4.69) is 32.7 Å². The summed E-state index contributed by atoms with van der Waals surface area (Å²) in [7, 11) is 3.46. The molecule has 2 heterocycles. The number of aliphatic imine (C=N–C) groups is 1. The van der Waals surface area contributed by atoms with Gasteiger partial charge in [0.2, 0.25) is 0 Å². The number of likely N-dealkylation sites (tertiary alicyclic amines) is 1. The highest BCUT2D eigenvalue weighted by atomic mass is 16.5. The van der Waals surface area contributed by atoms with Crippen LogP contribution in [0.3, 0.4) is 0 Å². The molecule has 30 heavy (non-hydrogen) atoms. The van der Waals surface area contributed by atoms with Gasteiger partial charge < -0.3 is 24.5 Å². The molecule has 7 heteroatoms. The first-order chi connectivity index (χ1) is 14.8. The van der Waals surface area contributed by atoms with Crippen LogP contribution >= 0.6 is 0 Å². The molecule has 1 atom stereocenters. The van der Waals surface area contributed by atoms with Gasteiger partial charge in [-0.1, -0.05) is 18.6 Å². The predicted molar refractivity (Wildman–Crippen MR) is 119 cm³/mol. The van der Waals surface area contributed by atoms with Gasteiger partial charge in [-0.2, -0.15) is 0 Å². The van der Waals surface area contributed by atoms with Crippen LogP contribution in [0.15, 0.2) is 52.1 Å². The molecule has 1 aliphatic heterocycles. The number of hydrogen-bond acceptors (Lipinski definition) is 5. The summed E-state index contributed by atoms with van der Waals surface area (Å²) in [6.45, 7) is 4.74. The number of hydrogen-bond donors (Lipinski definition) is 2. The maximum absolute atomic E-state index is 5.73. The fourth-order valence-electron chi connectivity index (χ4n) is 3.71. The molecule has 1 aromatic heterocycles. The molecule has 0 spiro atoms. The SMILES string of the molecule is CN=C(NCc1cccc(OCCOC)c1)NCC(c1ccco1)N1CCCCC1. The van der Waals surface area contributed by atoms with Gasteiger partial charge in [-0.15, -0.1) is 0 Å². The highest BCUT2D eigenvalue weighted by Crippen LogP contribution is 2.24. The van der Waals surface area contributed by atoms with E-state index in [4.69, 9.17) is 13.9 Å². The lowest BCUT2D eigenvalue weighted by atomic mass is 10.1.